The lowest BCUT2D eigenvalue weighted by Gasteiger charge is -2.04. The molecule has 1 atom stereocenters. The van der Waals surface area contributed by atoms with Gasteiger partial charge in [-0.25, -0.2) is 4.99 Å². The Labute approximate surface area is 110 Å². The average molecular weight is 268 g/mol. The summed E-state index contributed by atoms with van der Waals surface area (Å²) in [5.74, 6) is -0.279. The average Bonchev–Trinajstić information content (AvgIpc) is 2.77. The van der Waals surface area contributed by atoms with Gasteiger partial charge in [0.1, 0.15) is 6.61 Å². The number of carboxylic acids is 1. The zero-order valence-corrected chi connectivity index (χ0v) is 10.6. The van der Waals surface area contributed by atoms with Crippen molar-refractivity contribution in [3.05, 3.63) is 34.9 Å². The van der Waals surface area contributed by atoms with Crippen molar-refractivity contribution in [3.63, 3.8) is 0 Å². The summed E-state index contributed by atoms with van der Waals surface area (Å²) in [6, 6.07) is 7.71. The largest absolute Gasteiger partial charge is 0.481 e. The lowest BCUT2D eigenvalue weighted by atomic mass is 10.1. The molecule has 0 aromatic heterocycles. The number of aliphatic carboxylic acids is 1. The molecule has 1 aliphatic heterocycles. The minimum atomic E-state index is -0.831. The van der Waals surface area contributed by atoms with E-state index in [-0.39, 0.29) is 12.5 Å². The third kappa shape index (κ3) is 3.74. The van der Waals surface area contributed by atoms with Gasteiger partial charge in [-0.2, -0.15) is 0 Å². The number of carboxylic acid groups (broad SMARTS) is 1. The number of ether oxygens (including phenoxy) is 1. The van der Waals surface area contributed by atoms with Crippen LogP contribution in [0.1, 0.15) is 18.4 Å². The molecule has 1 unspecified atom stereocenters. The maximum atomic E-state index is 10.4. The molecule has 4 nitrogen and oxygen atoms in total. The van der Waals surface area contributed by atoms with Gasteiger partial charge in [0, 0.05) is 11.4 Å². The van der Waals surface area contributed by atoms with Crippen LogP contribution in [0.3, 0.4) is 0 Å². The molecule has 0 fully saturated rings. The highest BCUT2D eigenvalue weighted by Gasteiger charge is 2.19. The van der Waals surface area contributed by atoms with E-state index in [1.54, 1.807) is 0 Å². The zero-order chi connectivity index (χ0) is 13.0. The van der Waals surface area contributed by atoms with E-state index in [1.165, 1.54) is 0 Å². The number of halogens is 1. The second-order valence-electron chi connectivity index (χ2n) is 4.21. The van der Waals surface area contributed by atoms with E-state index in [2.05, 4.69) is 4.99 Å². The standard InChI is InChI=1S/C13H14ClNO3/c14-10-3-1-9(2-4-10)7-11-8-18-12(15-11)5-6-13(16)17/h1-4,11H,5-8H2,(H,16,17). The molecule has 1 N–H and O–H groups in total. The van der Waals surface area contributed by atoms with Crippen LogP contribution in [-0.2, 0) is 16.0 Å². The molecule has 0 radical (unpaired) electrons. The third-order valence-corrected chi connectivity index (χ3v) is 2.96. The van der Waals surface area contributed by atoms with E-state index >= 15 is 0 Å². The fraction of sp³-hybridized carbons (Fsp3) is 0.385. The van der Waals surface area contributed by atoms with Gasteiger partial charge in [-0.1, -0.05) is 23.7 Å². The van der Waals surface area contributed by atoms with Crippen LogP contribution in [0.2, 0.25) is 5.02 Å². The molecule has 2 rings (SSSR count). The van der Waals surface area contributed by atoms with Crippen LogP contribution in [0.15, 0.2) is 29.3 Å². The normalized spacial score (nSPS) is 18.3. The van der Waals surface area contributed by atoms with Crippen LogP contribution in [0.5, 0.6) is 0 Å². The van der Waals surface area contributed by atoms with E-state index < -0.39 is 5.97 Å². The lowest BCUT2D eigenvalue weighted by Crippen LogP contribution is -2.09. The second-order valence-corrected chi connectivity index (χ2v) is 4.65. The van der Waals surface area contributed by atoms with Crippen molar-refractivity contribution in [1.82, 2.24) is 0 Å². The molecule has 1 heterocycles. The molecule has 0 aliphatic carbocycles. The van der Waals surface area contributed by atoms with E-state index in [0.29, 0.717) is 23.9 Å². The molecule has 1 aromatic rings. The van der Waals surface area contributed by atoms with Gasteiger partial charge in [0.2, 0.25) is 0 Å². The Morgan fingerprint density at radius 2 is 2.17 bits per heavy atom. The minimum Gasteiger partial charge on any atom is -0.481 e. The van der Waals surface area contributed by atoms with E-state index in [0.717, 1.165) is 12.0 Å². The van der Waals surface area contributed by atoms with Crippen LogP contribution in [0.4, 0.5) is 0 Å². The Morgan fingerprint density at radius 3 is 2.83 bits per heavy atom. The van der Waals surface area contributed by atoms with Gasteiger partial charge >= 0.3 is 5.97 Å². The zero-order valence-electron chi connectivity index (χ0n) is 9.80. The second kappa shape index (κ2) is 5.87. The number of carbonyl (C=O) groups is 1. The highest BCUT2D eigenvalue weighted by atomic mass is 35.5. The Hall–Kier alpha value is -1.55. The fourth-order valence-corrected chi connectivity index (χ4v) is 1.94. The summed E-state index contributed by atoms with van der Waals surface area (Å²) >= 11 is 5.81. The van der Waals surface area contributed by atoms with Crippen LogP contribution < -0.4 is 0 Å². The van der Waals surface area contributed by atoms with Gasteiger partial charge in [-0.15, -0.1) is 0 Å². The molecule has 0 saturated heterocycles. The van der Waals surface area contributed by atoms with Crippen LogP contribution in [0, 0.1) is 0 Å². The maximum absolute atomic E-state index is 10.4. The molecular weight excluding hydrogens is 254 g/mol. The molecule has 96 valence electrons. The molecule has 0 saturated carbocycles. The summed E-state index contributed by atoms with van der Waals surface area (Å²) in [7, 11) is 0. The maximum Gasteiger partial charge on any atom is 0.303 e. The first-order valence-electron chi connectivity index (χ1n) is 5.79. The van der Waals surface area contributed by atoms with E-state index in [9.17, 15) is 4.79 Å². The van der Waals surface area contributed by atoms with Gasteiger partial charge < -0.3 is 9.84 Å². The van der Waals surface area contributed by atoms with Crippen molar-refractivity contribution in [2.75, 3.05) is 6.61 Å². The molecule has 0 spiro atoms. The first-order chi connectivity index (χ1) is 8.63. The Morgan fingerprint density at radius 1 is 1.44 bits per heavy atom. The monoisotopic (exact) mass is 267 g/mol. The minimum absolute atomic E-state index is 0.0620. The molecule has 1 aromatic carbocycles. The topological polar surface area (TPSA) is 58.9 Å². The smallest absolute Gasteiger partial charge is 0.303 e. The van der Waals surface area contributed by atoms with Crippen molar-refractivity contribution in [1.29, 1.82) is 0 Å². The van der Waals surface area contributed by atoms with Crippen molar-refractivity contribution in [2.24, 2.45) is 4.99 Å². The van der Waals surface area contributed by atoms with Gasteiger partial charge in [0.05, 0.1) is 12.5 Å². The van der Waals surface area contributed by atoms with Crippen molar-refractivity contribution in [2.45, 2.75) is 25.3 Å². The Bertz CT molecular complexity index is 456. The van der Waals surface area contributed by atoms with Crippen molar-refractivity contribution in [3.8, 4) is 0 Å². The summed E-state index contributed by atoms with van der Waals surface area (Å²) in [6.07, 6.45) is 1.21. The van der Waals surface area contributed by atoms with E-state index in [4.69, 9.17) is 21.4 Å². The lowest BCUT2D eigenvalue weighted by molar-refractivity contribution is -0.136. The van der Waals surface area contributed by atoms with Crippen molar-refractivity contribution < 1.29 is 14.6 Å². The van der Waals surface area contributed by atoms with Gasteiger partial charge in [-0.05, 0) is 24.1 Å². The molecule has 18 heavy (non-hydrogen) atoms. The van der Waals surface area contributed by atoms with E-state index in [1.807, 2.05) is 24.3 Å². The Balaban J connectivity index is 1.88. The fourth-order valence-electron chi connectivity index (χ4n) is 1.82. The molecule has 0 bridgehead atoms. The summed E-state index contributed by atoms with van der Waals surface area (Å²) in [4.78, 5) is 14.8. The summed E-state index contributed by atoms with van der Waals surface area (Å²) in [5, 5.41) is 9.29. The number of benzene rings is 1. The Kier molecular flexibility index (Phi) is 4.20. The predicted molar refractivity (Wildman–Crippen MR) is 69.2 cm³/mol. The number of nitrogens with zero attached hydrogens (tertiary/aromatic N) is 1. The summed E-state index contributed by atoms with van der Waals surface area (Å²) in [5.41, 5.74) is 1.15. The first kappa shape index (κ1) is 12.9. The summed E-state index contributed by atoms with van der Waals surface area (Å²) < 4.78 is 5.37. The van der Waals surface area contributed by atoms with Gasteiger partial charge in [0.15, 0.2) is 5.90 Å². The number of aliphatic imine (C=N–C) groups is 1. The molecular formula is C13H14ClNO3. The highest BCUT2D eigenvalue weighted by Crippen LogP contribution is 2.16. The number of hydrogen-bond acceptors (Lipinski definition) is 3. The number of hydrogen-bond donors (Lipinski definition) is 1. The van der Waals surface area contributed by atoms with Gasteiger partial charge in [0.25, 0.3) is 0 Å². The van der Waals surface area contributed by atoms with Gasteiger partial charge in [-0.3, -0.25) is 4.79 Å². The molecule has 5 heteroatoms. The van der Waals surface area contributed by atoms with Crippen LogP contribution in [0.25, 0.3) is 0 Å². The molecule has 0 amide bonds. The molecule has 1 aliphatic rings. The summed E-state index contributed by atoms with van der Waals surface area (Å²) in [6.45, 7) is 0.525. The highest BCUT2D eigenvalue weighted by molar-refractivity contribution is 6.30. The van der Waals surface area contributed by atoms with Crippen LogP contribution >= 0.6 is 11.6 Å². The third-order valence-electron chi connectivity index (χ3n) is 2.71. The first-order valence-corrected chi connectivity index (χ1v) is 6.17. The predicted octanol–water partition coefficient (Wildman–Crippen LogP) is 2.54. The quantitative estimate of drug-likeness (QED) is 0.892. The van der Waals surface area contributed by atoms with Crippen LogP contribution in [-0.4, -0.2) is 29.6 Å². The number of rotatable bonds is 5. The van der Waals surface area contributed by atoms with Crippen molar-refractivity contribution >= 4 is 23.5 Å². The SMILES string of the molecule is O=C(O)CCC1=NC(Cc2ccc(Cl)cc2)CO1.